The second-order valence-electron chi connectivity index (χ2n) is 6.16. The third-order valence-electron chi connectivity index (χ3n) is 4.67. The van der Waals surface area contributed by atoms with Crippen molar-refractivity contribution >= 4 is 5.91 Å². The molecule has 2 aliphatic rings. The highest BCUT2D eigenvalue weighted by Crippen LogP contribution is 2.26. The van der Waals surface area contributed by atoms with Crippen LogP contribution < -0.4 is 11.1 Å². The Morgan fingerprint density at radius 1 is 1.30 bits per heavy atom. The Morgan fingerprint density at radius 3 is 2.60 bits per heavy atom. The SMILES string of the molecule is N#CC1(NC(=O)CN2CCCC2CN)CCCCCC1. The van der Waals surface area contributed by atoms with Crippen LogP contribution in [-0.2, 0) is 4.79 Å². The number of hydrogen-bond acceptors (Lipinski definition) is 4. The van der Waals surface area contributed by atoms with E-state index in [4.69, 9.17) is 5.73 Å². The smallest absolute Gasteiger partial charge is 0.235 e. The summed E-state index contributed by atoms with van der Waals surface area (Å²) in [4.78, 5) is 14.4. The molecule has 3 N–H and O–H groups in total. The number of carbonyl (C=O) groups excluding carboxylic acids is 1. The molecule has 1 aliphatic carbocycles. The highest BCUT2D eigenvalue weighted by atomic mass is 16.2. The largest absolute Gasteiger partial charge is 0.337 e. The van der Waals surface area contributed by atoms with Gasteiger partial charge in [0.1, 0.15) is 5.54 Å². The molecule has 20 heavy (non-hydrogen) atoms. The van der Waals surface area contributed by atoms with E-state index in [0.717, 1.165) is 45.1 Å². The second kappa shape index (κ2) is 7.05. The summed E-state index contributed by atoms with van der Waals surface area (Å²) >= 11 is 0. The molecular weight excluding hydrogens is 252 g/mol. The monoisotopic (exact) mass is 278 g/mol. The van der Waals surface area contributed by atoms with Gasteiger partial charge in [-0.1, -0.05) is 25.7 Å². The first-order chi connectivity index (χ1) is 9.69. The van der Waals surface area contributed by atoms with Crippen LogP contribution >= 0.6 is 0 Å². The molecule has 1 heterocycles. The van der Waals surface area contributed by atoms with E-state index in [-0.39, 0.29) is 5.91 Å². The Morgan fingerprint density at radius 2 is 2.00 bits per heavy atom. The summed E-state index contributed by atoms with van der Waals surface area (Å²) in [5, 5.41) is 12.5. The molecular formula is C15H26N4O. The van der Waals surface area contributed by atoms with E-state index >= 15 is 0 Å². The second-order valence-corrected chi connectivity index (χ2v) is 6.16. The van der Waals surface area contributed by atoms with E-state index < -0.39 is 5.54 Å². The van der Waals surface area contributed by atoms with Crippen LogP contribution in [-0.4, -0.2) is 42.0 Å². The van der Waals surface area contributed by atoms with Crippen molar-refractivity contribution in [3.63, 3.8) is 0 Å². The Balaban J connectivity index is 1.90. The average molecular weight is 278 g/mol. The molecule has 1 unspecified atom stereocenters. The maximum Gasteiger partial charge on any atom is 0.235 e. The molecule has 0 radical (unpaired) electrons. The predicted octanol–water partition coefficient (Wildman–Crippen LogP) is 1.14. The normalized spacial score (nSPS) is 26.7. The Hall–Kier alpha value is -1.12. The molecule has 1 aliphatic heterocycles. The molecule has 0 aromatic carbocycles. The molecule has 0 aromatic heterocycles. The molecule has 5 heteroatoms. The average Bonchev–Trinajstić information content (AvgIpc) is 2.75. The topological polar surface area (TPSA) is 82.2 Å². The fourth-order valence-corrected chi connectivity index (χ4v) is 3.46. The molecule has 0 bridgehead atoms. The van der Waals surface area contributed by atoms with Crippen molar-refractivity contribution in [2.24, 2.45) is 5.73 Å². The molecule has 2 fully saturated rings. The van der Waals surface area contributed by atoms with Crippen LogP contribution in [0.25, 0.3) is 0 Å². The lowest BCUT2D eigenvalue weighted by molar-refractivity contribution is -0.123. The third kappa shape index (κ3) is 3.71. The minimum atomic E-state index is -0.633. The van der Waals surface area contributed by atoms with Crippen molar-refractivity contribution in [1.29, 1.82) is 5.26 Å². The van der Waals surface area contributed by atoms with Gasteiger partial charge in [-0.15, -0.1) is 0 Å². The lowest BCUT2D eigenvalue weighted by Gasteiger charge is -2.29. The maximum absolute atomic E-state index is 12.3. The van der Waals surface area contributed by atoms with Crippen LogP contribution in [0.3, 0.4) is 0 Å². The molecule has 1 saturated heterocycles. The minimum Gasteiger partial charge on any atom is -0.337 e. The van der Waals surface area contributed by atoms with Crippen LogP contribution in [0.15, 0.2) is 0 Å². The number of carbonyl (C=O) groups is 1. The summed E-state index contributed by atoms with van der Waals surface area (Å²) in [7, 11) is 0. The van der Waals surface area contributed by atoms with Crippen LogP contribution in [0.4, 0.5) is 0 Å². The first kappa shape index (κ1) is 15.3. The third-order valence-corrected chi connectivity index (χ3v) is 4.67. The zero-order valence-corrected chi connectivity index (χ0v) is 12.2. The van der Waals surface area contributed by atoms with E-state index in [1.165, 1.54) is 12.8 Å². The number of amides is 1. The van der Waals surface area contributed by atoms with Crippen LogP contribution in [0, 0.1) is 11.3 Å². The van der Waals surface area contributed by atoms with Gasteiger partial charge in [-0.3, -0.25) is 9.69 Å². The number of nitrogens with two attached hydrogens (primary N) is 1. The first-order valence-electron chi connectivity index (χ1n) is 7.85. The summed E-state index contributed by atoms with van der Waals surface area (Å²) < 4.78 is 0. The quantitative estimate of drug-likeness (QED) is 0.756. The Labute approximate surface area is 121 Å². The van der Waals surface area contributed by atoms with Gasteiger partial charge in [0.2, 0.25) is 5.91 Å². The van der Waals surface area contributed by atoms with Gasteiger partial charge in [-0.2, -0.15) is 5.26 Å². The summed E-state index contributed by atoms with van der Waals surface area (Å²) in [6.45, 7) is 1.93. The van der Waals surface area contributed by atoms with E-state index in [1.54, 1.807) is 0 Å². The Kier molecular flexibility index (Phi) is 5.38. The number of nitriles is 1. The highest BCUT2D eigenvalue weighted by molar-refractivity contribution is 5.79. The molecule has 1 amide bonds. The van der Waals surface area contributed by atoms with Crippen molar-refractivity contribution in [2.45, 2.75) is 62.9 Å². The number of nitrogens with zero attached hydrogens (tertiary/aromatic N) is 2. The van der Waals surface area contributed by atoms with E-state index in [2.05, 4.69) is 16.3 Å². The van der Waals surface area contributed by atoms with Crippen molar-refractivity contribution < 1.29 is 4.79 Å². The van der Waals surface area contributed by atoms with Gasteiger partial charge >= 0.3 is 0 Å². The van der Waals surface area contributed by atoms with Gasteiger partial charge < -0.3 is 11.1 Å². The lowest BCUT2D eigenvalue weighted by Crippen LogP contribution is -2.51. The summed E-state index contributed by atoms with van der Waals surface area (Å²) in [5.74, 6) is -0.0196. The number of hydrogen-bond donors (Lipinski definition) is 2. The number of nitrogens with one attached hydrogen (secondary N) is 1. The first-order valence-corrected chi connectivity index (χ1v) is 7.85. The van der Waals surface area contributed by atoms with Crippen molar-refractivity contribution in [3.05, 3.63) is 0 Å². The van der Waals surface area contributed by atoms with Crippen molar-refractivity contribution in [2.75, 3.05) is 19.6 Å². The molecule has 1 saturated carbocycles. The van der Waals surface area contributed by atoms with Gasteiger partial charge in [0.05, 0.1) is 12.6 Å². The molecule has 2 rings (SSSR count). The zero-order valence-electron chi connectivity index (χ0n) is 12.2. The zero-order chi connectivity index (χ0) is 14.4. The molecule has 1 atom stereocenters. The molecule has 112 valence electrons. The fraction of sp³-hybridized carbons (Fsp3) is 0.867. The predicted molar refractivity (Wildman–Crippen MR) is 77.8 cm³/mol. The van der Waals surface area contributed by atoms with Gasteiger partial charge in [-0.05, 0) is 32.2 Å². The van der Waals surface area contributed by atoms with Crippen molar-refractivity contribution in [1.82, 2.24) is 10.2 Å². The van der Waals surface area contributed by atoms with E-state index in [1.807, 2.05) is 0 Å². The summed E-state index contributed by atoms with van der Waals surface area (Å²) in [5.41, 5.74) is 5.10. The summed E-state index contributed by atoms with van der Waals surface area (Å²) in [6.07, 6.45) is 8.16. The van der Waals surface area contributed by atoms with Crippen LogP contribution in [0.1, 0.15) is 51.4 Å². The van der Waals surface area contributed by atoms with Gasteiger partial charge in [0.25, 0.3) is 0 Å². The van der Waals surface area contributed by atoms with E-state index in [9.17, 15) is 10.1 Å². The van der Waals surface area contributed by atoms with E-state index in [0.29, 0.717) is 19.1 Å². The summed E-state index contributed by atoms with van der Waals surface area (Å²) in [6, 6.07) is 2.69. The Bertz CT molecular complexity index is 369. The van der Waals surface area contributed by atoms with Gasteiger partial charge in [-0.25, -0.2) is 0 Å². The minimum absolute atomic E-state index is 0.0196. The molecule has 0 aromatic rings. The fourth-order valence-electron chi connectivity index (χ4n) is 3.46. The highest BCUT2D eigenvalue weighted by Gasteiger charge is 2.33. The van der Waals surface area contributed by atoms with Crippen LogP contribution in [0.2, 0.25) is 0 Å². The van der Waals surface area contributed by atoms with Gasteiger partial charge in [0, 0.05) is 12.6 Å². The van der Waals surface area contributed by atoms with Crippen molar-refractivity contribution in [3.8, 4) is 6.07 Å². The van der Waals surface area contributed by atoms with Gasteiger partial charge in [0.15, 0.2) is 0 Å². The molecule has 0 spiro atoms. The molecule has 5 nitrogen and oxygen atoms in total. The number of rotatable bonds is 4. The maximum atomic E-state index is 12.3. The lowest BCUT2D eigenvalue weighted by atomic mass is 9.92. The van der Waals surface area contributed by atoms with Crippen LogP contribution in [0.5, 0.6) is 0 Å². The standard InChI is InChI=1S/C15H26N4O/c16-10-13-6-5-9-19(13)11-14(20)18-15(12-17)7-3-1-2-4-8-15/h13H,1-11,16H2,(H,18,20). The number of likely N-dealkylation sites (tertiary alicyclic amines) is 1.